The van der Waals surface area contributed by atoms with Crippen LogP contribution in [0, 0.1) is 0 Å². The van der Waals surface area contributed by atoms with Gasteiger partial charge >= 0.3 is 0 Å². The van der Waals surface area contributed by atoms with Crippen LogP contribution in [0.4, 0.5) is 0 Å². The molecule has 0 fully saturated rings. The van der Waals surface area contributed by atoms with Gasteiger partial charge in [0.25, 0.3) is 5.17 Å². The van der Waals surface area contributed by atoms with E-state index in [0.29, 0.717) is 22.6 Å². The monoisotopic (exact) mass is 320 g/mol. The van der Waals surface area contributed by atoms with Gasteiger partial charge in [0, 0.05) is 44.7 Å². The highest BCUT2D eigenvalue weighted by Gasteiger charge is 2.12. The molecule has 0 unspecified atom stereocenters. The molecule has 0 spiro atoms. The smallest absolute Gasteiger partial charge is 0.265 e. The molecule has 0 atom stereocenters. The van der Waals surface area contributed by atoms with Crippen molar-refractivity contribution in [3.8, 4) is 5.88 Å². The molecule has 110 valence electrons. The van der Waals surface area contributed by atoms with Crippen LogP contribution in [0.15, 0.2) is 35.9 Å². The summed E-state index contributed by atoms with van der Waals surface area (Å²) in [5.74, 6) is 0.497. The predicted octanol–water partition coefficient (Wildman–Crippen LogP) is 2.41. The normalized spacial score (nSPS) is 10.2. The summed E-state index contributed by atoms with van der Waals surface area (Å²) in [7, 11) is 3.67. The molecule has 21 heavy (non-hydrogen) atoms. The Bertz CT molecular complexity index is 620. The summed E-state index contributed by atoms with van der Waals surface area (Å²) in [6, 6.07) is 3.90. The molecule has 0 aliphatic heterocycles. The van der Waals surface area contributed by atoms with E-state index in [9.17, 15) is 0 Å². The Hall–Kier alpha value is -1.73. The zero-order valence-corrected chi connectivity index (χ0v) is 13.7. The first-order valence-electron chi connectivity index (χ1n) is 6.28. The van der Waals surface area contributed by atoms with Gasteiger partial charge in [-0.3, -0.25) is 4.98 Å². The maximum atomic E-state index is 5.69. The van der Waals surface area contributed by atoms with Crippen LogP contribution in [0.5, 0.6) is 5.88 Å². The first-order chi connectivity index (χ1) is 10.1. The summed E-state index contributed by atoms with van der Waals surface area (Å²) < 4.78 is 5.69. The van der Waals surface area contributed by atoms with Crippen LogP contribution in [-0.2, 0) is 6.42 Å². The molecule has 7 heteroatoms. The van der Waals surface area contributed by atoms with Gasteiger partial charge in [0.15, 0.2) is 5.16 Å². The van der Waals surface area contributed by atoms with E-state index in [1.807, 2.05) is 38.7 Å². The Kier molecular flexibility index (Phi) is 5.46. The minimum atomic E-state index is 0.369. The summed E-state index contributed by atoms with van der Waals surface area (Å²) in [5, 5.41) is 1.02. The van der Waals surface area contributed by atoms with E-state index in [1.165, 1.54) is 11.8 Å². The van der Waals surface area contributed by atoms with Gasteiger partial charge in [-0.25, -0.2) is 4.98 Å². The molecule has 0 aromatic carbocycles. The molecule has 2 aromatic heterocycles. The Labute approximate surface area is 133 Å². The van der Waals surface area contributed by atoms with Crippen molar-refractivity contribution in [3.05, 3.63) is 41.9 Å². The van der Waals surface area contributed by atoms with E-state index < -0.39 is 0 Å². The van der Waals surface area contributed by atoms with E-state index >= 15 is 0 Å². The summed E-state index contributed by atoms with van der Waals surface area (Å²) in [4.78, 5) is 14.5. The fourth-order valence-electron chi connectivity index (χ4n) is 1.58. The molecule has 0 radical (unpaired) electrons. The van der Waals surface area contributed by atoms with Gasteiger partial charge in [-0.2, -0.15) is 4.98 Å². The molecule has 0 amide bonds. The third-order valence-corrected chi connectivity index (χ3v) is 3.66. The first kappa shape index (κ1) is 15.7. The lowest BCUT2D eigenvalue weighted by Crippen LogP contribution is -2.26. The SMILES string of the molecule is CSc1ncc(Cc2cccnc2)c(OC(=S)N(C)C)n1. The van der Waals surface area contributed by atoms with Gasteiger partial charge in [0.1, 0.15) is 0 Å². The van der Waals surface area contributed by atoms with Gasteiger partial charge in [0.05, 0.1) is 0 Å². The number of hydrogen-bond acceptors (Lipinski definition) is 6. The second-order valence-electron chi connectivity index (χ2n) is 4.49. The van der Waals surface area contributed by atoms with Crippen LogP contribution in [0.2, 0.25) is 0 Å². The number of rotatable bonds is 4. The van der Waals surface area contributed by atoms with Crippen LogP contribution < -0.4 is 4.74 Å². The number of thiocarbonyl (C=S) groups is 1. The number of hydrogen-bond donors (Lipinski definition) is 0. The van der Waals surface area contributed by atoms with E-state index in [2.05, 4.69) is 15.0 Å². The van der Waals surface area contributed by atoms with Gasteiger partial charge in [0.2, 0.25) is 5.88 Å². The second-order valence-corrected chi connectivity index (χ2v) is 5.61. The second kappa shape index (κ2) is 7.33. The average molecular weight is 320 g/mol. The lowest BCUT2D eigenvalue weighted by atomic mass is 10.1. The van der Waals surface area contributed by atoms with Gasteiger partial charge < -0.3 is 9.64 Å². The molecular weight excluding hydrogens is 304 g/mol. The highest BCUT2D eigenvalue weighted by molar-refractivity contribution is 7.98. The van der Waals surface area contributed by atoms with Crippen molar-refractivity contribution < 1.29 is 4.74 Å². The lowest BCUT2D eigenvalue weighted by molar-refractivity contribution is 0.429. The van der Waals surface area contributed by atoms with Crippen LogP contribution >= 0.6 is 24.0 Å². The number of ether oxygens (including phenoxy) is 1. The minimum absolute atomic E-state index is 0.369. The van der Waals surface area contributed by atoms with Gasteiger partial charge in [-0.1, -0.05) is 17.8 Å². The predicted molar refractivity (Wildman–Crippen MR) is 87.8 cm³/mol. The van der Waals surface area contributed by atoms with E-state index in [-0.39, 0.29) is 0 Å². The van der Waals surface area contributed by atoms with Crippen molar-refractivity contribution in [2.75, 3.05) is 20.4 Å². The zero-order valence-electron chi connectivity index (χ0n) is 12.1. The number of aromatic nitrogens is 3. The van der Waals surface area contributed by atoms with Crippen LogP contribution in [0.1, 0.15) is 11.1 Å². The Balaban J connectivity index is 2.29. The third kappa shape index (κ3) is 4.37. The maximum Gasteiger partial charge on any atom is 0.265 e. The van der Waals surface area contributed by atoms with Crippen molar-refractivity contribution in [3.63, 3.8) is 0 Å². The topological polar surface area (TPSA) is 51.1 Å². The highest BCUT2D eigenvalue weighted by atomic mass is 32.2. The minimum Gasteiger partial charge on any atom is -0.412 e. The molecule has 5 nitrogen and oxygen atoms in total. The Morgan fingerprint density at radius 1 is 1.38 bits per heavy atom. The van der Waals surface area contributed by atoms with Crippen molar-refractivity contribution in [1.29, 1.82) is 0 Å². The van der Waals surface area contributed by atoms with Crippen LogP contribution in [0.25, 0.3) is 0 Å². The van der Waals surface area contributed by atoms with Crippen molar-refractivity contribution in [1.82, 2.24) is 19.9 Å². The fraction of sp³-hybridized carbons (Fsp3) is 0.286. The molecular formula is C14H16N4OS2. The van der Waals surface area contributed by atoms with E-state index in [1.54, 1.807) is 17.3 Å². The molecule has 0 aliphatic carbocycles. The Morgan fingerprint density at radius 2 is 2.19 bits per heavy atom. The zero-order chi connectivity index (χ0) is 15.2. The number of thioether (sulfide) groups is 1. The summed E-state index contributed by atoms with van der Waals surface area (Å²) >= 11 is 6.65. The Morgan fingerprint density at radius 3 is 2.81 bits per heavy atom. The standard InChI is InChI=1S/C14H16N4OS2/c1-18(2)14(20)19-12-11(9-16-13(17-12)21-3)7-10-5-4-6-15-8-10/h4-6,8-9H,7H2,1-3H3. The first-order valence-corrected chi connectivity index (χ1v) is 7.91. The van der Waals surface area contributed by atoms with Crippen molar-refractivity contribution in [2.24, 2.45) is 0 Å². The molecule has 2 aromatic rings. The van der Waals surface area contributed by atoms with Gasteiger partial charge in [-0.05, 0) is 30.1 Å². The highest BCUT2D eigenvalue weighted by Crippen LogP contribution is 2.22. The molecule has 2 heterocycles. The molecule has 0 saturated heterocycles. The molecule has 2 rings (SSSR count). The molecule has 0 N–H and O–H groups in total. The van der Waals surface area contributed by atoms with Crippen LogP contribution in [-0.4, -0.2) is 45.4 Å². The summed E-state index contributed by atoms with van der Waals surface area (Å²) in [6.45, 7) is 0. The lowest BCUT2D eigenvalue weighted by Gasteiger charge is -2.15. The number of nitrogens with zero attached hydrogens (tertiary/aromatic N) is 4. The fourth-order valence-corrected chi connectivity index (χ4v) is 1.99. The quantitative estimate of drug-likeness (QED) is 0.487. The van der Waals surface area contributed by atoms with Crippen molar-refractivity contribution in [2.45, 2.75) is 11.6 Å². The maximum absolute atomic E-state index is 5.69. The average Bonchev–Trinajstić information content (AvgIpc) is 2.49. The molecule has 0 aliphatic rings. The molecule has 0 saturated carbocycles. The largest absolute Gasteiger partial charge is 0.412 e. The van der Waals surface area contributed by atoms with Gasteiger partial charge in [-0.15, -0.1) is 0 Å². The van der Waals surface area contributed by atoms with Crippen molar-refractivity contribution >= 4 is 29.2 Å². The molecule has 0 bridgehead atoms. The summed E-state index contributed by atoms with van der Waals surface area (Å²) in [5.41, 5.74) is 1.95. The number of pyridine rings is 1. The van der Waals surface area contributed by atoms with E-state index in [0.717, 1.165) is 11.1 Å². The summed E-state index contributed by atoms with van der Waals surface area (Å²) in [6.07, 6.45) is 7.91. The van der Waals surface area contributed by atoms with Crippen LogP contribution in [0.3, 0.4) is 0 Å². The third-order valence-electron chi connectivity index (χ3n) is 2.65. The van der Waals surface area contributed by atoms with E-state index in [4.69, 9.17) is 17.0 Å².